The van der Waals surface area contributed by atoms with Gasteiger partial charge in [-0.25, -0.2) is 0 Å². The number of hydrogen-bond acceptors (Lipinski definition) is 1. The Bertz CT molecular complexity index is 537. The van der Waals surface area contributed by atoms with Crippen LogP contribution in [0.2, 0.25) is 5.02 Å². The van der Waals surface area contributed by atoms with Crippen molar-refractivity contribution in [1.82, 2.24) is 0 Å². The molecular formula is C11H7ClF3N3. The molecule has 0 N–H and O–H groups in total. The minimum Gasteiger partial charge on any atom is -0.166 e. The molecule has 0 aliphatic rings. The third kappa shape index (κ3) is 4.21. The Kier molecular flexibility index (Phi) is 4.90. The average Bonchev–Trinajstić information content (AvgIpc) is 2.27. The van der Waals surface area contributed by atoms with Crippen molar-refractivity contribution in [3.05, 3.63) is 44.8 Å². The third-order valence-electron chi connectivity index (χ3n) is 1.91. The zero-order valence-corrected chi connectivity index (χ0v) is 9.76. The summed E-state index contributed by atoms with van der Waals surface area (Å²) in [5, 5.41) is 3.40. The van der Waals surface area contributed by atoms with Crippen molar-refractivity contribution in [3.8, 4) is 11.8 Å². The van der Waals surface area contributed by atoms with Crippen LogP contribution in [0.15, 0.2) is 23.3 Å². The highest BCUT2D eigenvalue weighted by Gasteiger charge is 2.32. The highest BCUT2D eigenvalue weighted by molar-refractivity contribution is 6.30. The fraction of sp³-hybridized carbons (Fsp3) is 0.273. The Balaban J connectivity index is 2.99. The largest absolute Gasteiger partial charge is 0.417 e. The number of halogens is 4. The van der Waals surface area contributed by atoms with Crippen molar-refractivity contribution in [1.29, 1.82) is 0 Å². The van der Waals surface area contributed by atoms with Crippen LogP contribution >= 0.6 is 11.6 Å². The molecule has 0 amide bonds. The molecule has 0 spiro atoms. The number of benzene rings is 1. The van der Waals surface area contributed by atoms with Gasteiger partial charge in [0.25, 0.3) is 0 Å². The molecule has 0 saturated heterocycles. The maximum absolute atomic E-state index is 12.6. The molecule has 0 heterocycles. The van der Waals surface area contributed by atoms with Crippen LogP contribution in [0.4, 0.5) is 13.2 Å². The Morgan fingerprint density at radius 3 is 2.72 bits per heavy atom. The van der Waals surface area contributed by atoms with Crippen LogP contribution < -0.4 is 0 Å². The van der Waals surface area contributed by atoms with E-state index in [4.69, 9.17) is 17.1 Å². The average molecular weight is 274 g/mol. The van der Waals surface area contributed by atoms with Gasteiger partial charge in [0.2, 0.25) is 0 Å². The van der Waals surface area contributed by atoms with Crippen LogP contribution in [0.3, 0.4) is 0 Å². The van der Waals surface area contributed by atoms with Gasteiger partial charge in [0, 0.05) is 28.5 Å². The van der Waals surface area contributed by atoms with Crippen molar-refractivity contribution >= 4 is 11.6 Å². The van der Waals surface area contributed by atoms with E-state index in [1.165, 1.54) is 0 Å². The van der Waals surface area contributed by atoms with Gasteiger partial charge < -0.3 is 0 Å². The minimum absolute atomic E-state index is 0.116. The van der Waals surface area contributed by atoms with Crippen molar-refractivity contribution in [2.24, 2.45) is 5.11 Å². The van der Waals surface area contributed by atoms with Crippen molar-refractivity contribution in [2.75, 3.05) is 6.54 Å². The monoisotopic (exact) mass is 273 g/mol. The van der Waals surface area contributed by atoms with E-state index in [2.05, 4.69) is 21.9 Å². The molecule has 0 unspecified atom stereocenters. The molecule has 7 heteroatoms. The number of hydrogen-bond donors (Lipinski definition) is 0. The van der Waals surface area contributed by atoms with Crippen LogP contribution in [0, 0.1) is 11.8 Å². The van der Waals surface area contributed by atoms with E-state index in [1.54, 1.807) is 0 Å². The van der Waals surface area contributed by atoms with Gasteiger partial charge in [0.15, 0.2) is 0 Å². The summed E-state index contributed by atoms with van der Waals surface area (Å²) < 4.78 is 37.9. The van der Waals surface area contributed by atoms with Gasteiger partial charge in [0.1, 0.15) is 0 Å². The lowest BCUT2D eigenvalue weighted by Crippen LogP contribution is -2.07. The van der Waals surface area contributed by atoms with Gasteiger partial charge in [-0.15, -0.1) is 0 Å². The summed E-state index contributed by atoms with van der Waals surface area (Å²) >= 11 is 5.63. The van der Waals surface area contributed by atoms with Crippen LogP contribution in [-0.4, -0.2) is 6.54 Å². The molecule has 1 aromatic rings. The van der Waals surface area contributed by atoms with E-state index in [1.807, 2.05) is 0 Å². The second kappa shape index (κ2) is 6.20. The molecule has 0 aliphatic carbocycles. The maximum Gasteiger partial charge on any atom is 0.417 e. The SMILES string of the molecule is [N-]=[N+]=NCCC#Cc1cc(Cl)ccc1C(F)(F)F. The summed E-state index contributed by atoms with van der Waals surface area (Å²) in [6.07, 6.45) is -4.28. The van der Waals surface area contributed by atoms with Crippen molar-refractivity contribution < 1.29 is 13.2 Å². The fourth-order valence-corrected chi connectivity index (χ4v) is 1.35. The van der Waals surface area contributed by atoms with Crippen LogP contribution in [0.5, 0.6) is 0 Å². The molecular weight excluding hydrogens is 267 g/mol. The highest BCUT2D eigenvalue weighted by Crippen LogP contribution is 2.32. The van der Waals surface area contributed by atoms with E-state index in [0.717, 1.165) is 18.2 Å². The second-order valence-electron chi connectivity index (χ2n) is 3.19. The first-order chi connectivity index (χ1) is 8.45. The molecule has 0 atom stereocenters. The second-order valence-corrected chi connectivity index (χ2v) is 3.63. The molecule has 0 aliphatic heterocycles. The Morgan fingerprint density at radius 2 is 2.11 bits per heavy atom. The standard InChI is InChI=1S/C11H7ClF3N3/c12-9-4-5-10(11(13,14)15)8(7-9)3-1-2-6-17-18-16/h4-5,7H,2,6H2. The molecule has 0 fully saturated rings. The zero-order valence-electron chi connectivity index (χ0n) is 9.00. The van der Waals surface area contributed by atoms with E-state index >= 15 is 0 Å². The van der Waals surface area contributed by atoms with Gasteiger partial charge in [-0.2, -0.15) is 13.2 Å². The van der Waals surface area contributed by atoms with Crippen LogP contribution in [-0.2, 0) is 6.18 Å². The van der Waals surface area contributed by atoms with Gasteiger partial charge in [-0.05, 0) is 23.7 Å². The highest BCUT2D eigenvalue weighted by atomic mass is 35.5. The lowest BCUT2D eigenvalue weighted by atomic mass is 10.1. The summed E-state index contributed by atoms with van der Waals surface area (Å²) in [7, 11) is 0. The first-order valence-electron chi connectivity index (χ1n) is 4.81. The quantitative estimate of drug-likeness (QED) is 0.252. The molecule has 0 radical (unpaired) electrons. The maximum atomic E-state index is 12.6. The Morgan fingerprint density at radius 1 is 1.39 bits per heavy atom. The van der Waals surface area contributed by atoms with Gasteiger partial charge in [-0.1, -0.05) is 28.6 Å². The lowest BCUT2D eigenvalue weighted by Gasteiger charge is -2.08. The Hall–Kier alpha value is -1.83. The summed E-state index contributed by atoms with van der Waals surface area (Å²) in [5.74, 6) is 4.88. The molecule has 18 heavy (non-hydrogen) atoms. The fourth-order valence-electron chi connectivity index (χ4n) is 1.18. The lowest BCUT2D eigenvalue weighted by molar-refractivity contribution is -0.137. The van der Waals surface area contributed by atoms with E-state index in [0.29, 0.717) is 0 Å². The summed E-state index contributed by atoms with van der Waals surface area (Å²) in [6, 6.07) is 3.21. The molecule has 94 valence electrons. The van der Waals surface area contributed by atoms with Crippen molar-refractivity contribution in [2.45, 2.75) is 12.6 Å². The predicted octanol–water partition coefficient (Wildman–Crippen LogP) is 4.41. The first kappa shape index (κ1) is 14.2. The number of nitrogens with zero attached hydrogens (tertiary/aromatic N) is 3. The summed E-state index contributed by atoms with van der Waals surface area (Å²) in [4.78, 5) is 2.51. The van der Waals surface area contributed by atoms with Crippen molar-refractivity contribution in [3.63, 3.8) is 0 Å². The zero-order chi connectivity index (χ0) is 13.6. The normalized spacial score (nSPS) is 10.2. The predicted molar refractivity (Wildman–Crippen MR) is 62.0 cm³/mol. The smallest absolute Gasteiger partial charge is 0.166 e. The van der Waals surface area contributed by atoms with E-state index in [-0.39, 0.29) is 23.6 Å². The van der Waals surface area contributed by atoms with Crippen LogP contribution in [0.25, 0.3) is 10.4 Å². The Labute approximate surface area is 106 Å². The van der Waals surface area contributed by atoms with E-state index < -0.39 is 11.7 Å². The van der Waals surface area contributed by atoms with Gasteiger partial charge in [-0.3, -0.25) is 0 Å². The molecule has 0 aromatic heterocycles. The third-order valence-corrected chi connectivity index (χ3v) is 2.15. The number of azide groups is 1. The van der Waals surface area contributed by atoms with E-state index in [9.17, 15) is 13.2 Å². The summed E-state index contributed by atoms with van der Waals surface area (Å²) in [5.41, 5.74) is 7.00. The number of rotatable bonds is 2. The first-order valence-corrected chi connectivity index (χ1v) is 5.19. The van der Waals surface area contributed by atoms with Gasteiger partial charge >= 0.3 is 6.18 Å². The van der Waals surface area contributed by atoms with Crippen LogP contribution in [0.1, 0.15) is 17.5 Å². The minimum atomic E-state index is -4.47. The number of alkyl halides is 3. The topological polar surface area (TPSA) is 48.8 Å². The van der Waals surface area contributed by atoms with Gasteiger partial charge in [0.05, 0.1) is 5.56 Å². The molecule has 0 saturated carbocycles. The molecule has 0 bridgehead atoms. The molecule has 3 nitrogen and oxygen atoms in total. The summed E-state index contributed by atoms with van der Waals surface area (Å²) in [6.45, 7) is 0.116. The molecule has 1 rings (SSSR count). The molecule has 1 aromatic carbocycles.